The van der Waals surface area contributed by atoms with Crippen LogP contribution in [-0.4, -0.2) is 25.7 Å². The minimum atomic E-state index is -3.53. The Hall–Kier alpha value is -0.910. The van der Waals surface area contributed by atoms with E-state index in [1.165, 1.54) is 0 Å². The molecule has 0 spiro atoms. The van der Waals surface area contributed by atoms with Crippen molar-refractivity contribution >= 4 is 10.0 Å². The third-order valence-corrected chi connectivity index (χ3v) is 5.31. The average molecular weight is 297 g/mol. The van der Waals surface area contributed by atoms with Crippen molar-refractivity contribution in [3.8, 4) is 0 Å². The predicted octanol–water partition coefficient (Wildman–Crippen LogP) is 2.22. The van der Waals surface area contributed by atoms with Crippen LogP contribution in [0.3, 0.4) is 0 Å². The molecular formula is C15H23NO3S. The van der Waals surface area contributed by atoms with Crippen LogP contribution in [0.2, 0.25) is 0 Å². The lowest BCUT2D eigenvalue weighted by Gasteiger charge is -2.28. The molecule has 1 aliphatic carbocycles. The zero-order valence-electron chi connectivity index (χ0n) is 11.9. The Morgan fingerprint density at radius 2 is 1.85 bits per heavy atom. The second-order valence-corrected chi connectivity index (χ2v) is 7.19. The molecule has 20 heavy (non-hydrogen) atoms. The summed E-state index contributed by atoms with van der Waals surface area (Å²) in [4.78, 5) is 0.273. The van der Waals surface area contributed by atoms with E-state index in [9.17, 15) is 13.5 Å². The zero-order chi connectivity index (χ0) is 14.6. The Bertz CT molecular complexity index is 525. The highest BCUT2D eigenvalue weighted by Crippen LogP contribution is 2.21. The molecule has 2 N–H and O–H groups in total. The first kappa shape index (κ1) is 15.5. The Morgan fingerprint density at radius 3 is 2.45 bits per heavy atom. The highest BCUT2D eigenvalue weighted by atomic mass is 32.2. The van der Waals surface area contributed by atoms with E-state index in [0.29, 0.717) is 12.8 Å². The summed E-state index contributed by atoms with van der Waals surface area (Å²) in [5, 5.41) is 9.87. The number of hydrogen-bond acceptors (Lipinski definition) is 3. The largest absolute Gasteiger partial charge is 0.391 e. The van der Waals surface area contributed by atoms with E-state index in [2.05, 4.69) is 11.6 Å². The van der Waals surface area contributed by atoms with Gasteiger partial charge in [0.25, 0.3) is 0 Å². The third-order valence-electron chi connectivity index (χ3n) is 3.81. The molecule has 2 rings (SSSR count). The molecule has 0 aromatic heterocycles. The van der Waals surface area contributed by atoms with Crippen molar-refractivity contribution in [1.29, 1.82) is 0 Å². The summed E-state index contributed by atoms with van der Waals surface area (Å²) in [6.07, 6.45) is 4.72. The van der Waals surface area contributed by atoms with Crippen molar-refractivity contribution in [2.24, 2.45) is 0 Å². The number of aliphatic hydroxyl groups is 1. The van der Waals surface area contributed by atoms with Gasteiger partial charge in [-0.3, -0.25) is 0 Å². The van der Waals surface area contributed by atoms with Crippen LogP contribution < -0.4 is 4.72 Å². The van der Waals surface area contributed by atoms with Gasteiger partial charge in [0, 0.05) is 6.04 Å². The lowest BCUT2D eigenvalue weighted by atomic mass is 9.93. The SMILES string of the molecule is CCCc1ccc(S(=O)(=O)N[C@@H]2CCCC[C@H]2O)cc1. The van der Waals surface area contributed by atoms with Crippen LogP contribution in [0, 0.1) is 0 Å². The molecule has 0 radical (unpaired) electrons. The average Bonchev–Trinajstić information content (AvgIpc) is 2.42. The number of aryl methyl sites for hydroxylation is 1. The van der Waals surface area contributed by atoms with Crippen molar-refractivity contribution in [3.63, 3.8) is 0 Å². The fourth-order valence-electron chi connectivity index (χ4n) is 2.64. The summed E-state index contributed by atoms with van der Waals surface area (Å²) < 4.78 is 27.2. The summed E-state index contributed by atoms with van der Waals surface area (Å²) in [5.41, 5.74) is 1.14. The predicted molar refractivity (Wildman–Crippen MR) is 79.0 cm³/mol. The highest BCUT2D eigenvalue weighted by molar-refractivity contribution is 7.89. The van der Waals surface area contributed by atoms with Gasteiger partial charge < -0.3 is 5.11 Å². The van der Waals surface area contributed by atoms with Gasteiger partial charge in [-0.1, -0.05) is 38.3 Å². The van der Waals surface area contributed by atoms with Gasteiger partial charge in [-0.05, 0) is 37.0 Å². The lowest BCUT2D eigenvalue weighted by Crippen LogP contribution is -2.44. The Balaban J connectivity index is 2.09. The van der Waals surface area contributed by atoms with E-state index in [-0.39, 0.29) is 10.9 Å². The van der Waals surface area contributed by atoms with Crippen LogP contribution in [-0.2, 0) is 16.4 Å². The van der Waals surface area contributed by atoms with Gasteiger partial charge in [-0.15, -0.1) is 0 Å². The Kier molecular flexibility index (Phi) is 5.18. The van der Waals surface area contributed by atoms with Gasteiger partial charge in [0.05, 0.1) is 11.0 Å². The van der Waals surface area contributed by atoms with E-state index >= 15 is 0 Å². The maximum atomic E-state index is 12.3. The lowest BCUT2D eigenvalue weighted by molar-refractivity contribution is 0.101. The molecule has 2 atom stereocenters. The Morgan fingerprint density at radius 1 is 1.20 bits per heavy atom. The summed E-state index contributed by atoms with van der Waals surface area (Å²) >= 11 is 0. The molecule has 0 aliphatic heterocycles. The molecule has 0 bridgehead atoms. The quantitative estimate of drug-likeness (QED) is 0.876. The first-order valence-corrected chi connectivity index (χ1v) is 8.80. The monoisotopic (exact) mass is 297 g/mol. The highest BCUT2D eigenvalue weighted by Gasteiger charge is 2.27. The second kappa shape index (κ2) is 6.70. The standard InChI is InChI=1S/C15H23NO3S/c1-2-5-12-8-10-13(11-9-12)20(18,19)16-14-6-3-4-7-15(14)17/h8-11,14-17H,2-7H2,1H3/t14-,15-/m1/s1. The molecule has 0 unspecified atom stereocenters. The van der Waals surface area contributed by atoms with Crippen LogP contribution in [0.15, 0.2) is 29.2 Å². The number of nitrogens with one attached hydrogen (secondary N) is 1. The van der Waals surface area contributed by atoms with E-state index in [1.807, 2.05) is 12.1 Å². The van der Waals surface area contributed by atoms with Crippen LogP contribution in [0.25, 0.3) is 0 Å². The molecule has 4 nitrogen and oxygen atoms in total. The van der Waals surface area contributed by atoms with Crippen molar-refractivity contribution < 1.29 is 13.5 Å². The summed E-state index contributed by atoms with van der Waals surface area (Å²) in [7, 11) is -3.53. The normalized spacial score (nSPS) is 23.7. The van der Waals surface area contributed by atoms with Crippen LogP contribution in [0.4, 0.5) is 0 Å². The summed E-state index contributed by atoms with van der Waals surface area (Å²) in [5.74, 6) is 0. The molecule has 1 aromatic rings. The Labute approximate surface area is 121 Å². The fraction of sp³-hybridized carbons (Fsp3) is 0.600. The van der Waals surface area contributed by atoms with Gasteiger partial charge in [-0.2, -0.15) is 0 Å². The first-order valence-electron chi connectivity index (χ1n) is 7.32. The van der Waals surface area contributed by atoms with Crippen LogP contribution in [0.5, 0.6) is 0 Å². The van der Waals surface area contributed by atoms with Crippen molar-refractivity contribution in [2.75, 3.05) is 0 Å². The molecule has 112 valence electrons. The topological polar surface area (TPSA) is 66.4 Å². The van der Waals surface area contributed by atoms with E-state index in [4.69, 9.17) is 0 Å². The molecule has 1 fully saturated rings. The molecule has 0 amide bonds. The molecule has 1 aromatic carbocycles. The van der Waals surface area contributed by atoms with Gasteiger partial charge in [0.2, 0.25) is 10.0 Å². The number of hydrogen-bond donors (Lipinski definition) is 2. The second-order valence-electron chi connectivity index (χ2n) is 5.47. The van der Waals surface area contributed by atoms with Crippen molar-refractivity contribution in [2.45, 2.75) is 62.5 Å². The van der Waals surface area contributed by atoms with Crippen molar-refractivity contribution in [3.05, 3.63) is 29.8 Å². The maximum Gasteiger partial charge on any atom is 0.240 e. The van der Waals surface area contributed by atoms with E-state index in [0.717, 1.165) is 31.2 Å². The summed E-state index contributed by atoms with van der Waals surface area (Å²) in [6, 6.07) is 6.64. The molecule has 1 saturated carbocycles. The van der Waals surface area contributed by atoms with E-state index < -0.39 is 16.1 Å². The number of rotatable bonds is 5. The molecular weight excluding hydrogens is 274 g/mol. The third kappa shape index (κ3) is 3.81. The van der Waals surface area contributed by atoms with E-state index in [1.54, 1.807) is 12.1 Å². The minimum absolute atomic E-state index is 0.273. The molecule has 1 aliphatic rings. The molecule has 0 heterocycles. The number of sulfonamides is 1. The zero-order valence-corrected chi connectivity index (χ0v) is 12.7. The van der Waals surface area contributed by atoms with Crippen LogP contribution >= 0.6 is 0 Å². The molecule has 0 saturated heterocycles. The number of aliphatic hydroxyl groups excluding tert-OH is 1. The fourth-order valence-corrected chi connectivity index (χ4v) is 3.94. The maximum absolute atomic E-state index is 12.3. The first-order chi connectivity index (χ1) is 9.53. The van der Waals surface area contributed by atoms with Crippen LogP contribution in [0.1, 0.15) is 44.6 Å². The molecule has 5 heteroatoms. The van der Waals surface area contributed by atoms with Crippen molar-refractivity contribution in [1.82, 2.24) is 4.72 Å². The number of benzene rings is 1. The van der Waals surface area contributed by atoms with Gasteiger partial charge in [0.1, 0.15) is 0 Å². The van der Waals surface area contributed by atoms with Gasteiger partial charge >= 0.3 is 0 Å². The smallest absolute Gasteiger partial charge is 0.240 e. The summed E-state index contributed by atoms with van der Waals surface area (Å²) in [6.45, 7) is 2.09. The van der Waals surface area contributed by atoms with Gasteiger partial charge in [0.15, 0.2) is 0 Å². The minimum Gasteiger partial charge on any atom is -0.391 e. The van der Waals surface area contributed by atoms with Gasteiger partial charge in [-0.25, -0.2) is 13.1 Å².